The van der Waals surface area contributed by atoms with Crippen molar-refractivity contribution in [2.75, 3.05) is 6.79 Å². The predicted molar refractivity (Wildman–Crippen MR) is 108 cm³/mol. The van der Waals surface area contributed by atoms with Gasteiger partial charge in [0.25, 0.3) is 5.91 Å². The second-order valence-electron chi connectivity index (χ2n) is 6.69. The molecule has 1 aliphatic rings. The average molecular weight is 387 g/mol. The zero-order valence-electron chi connectivity index (χ0n) is 15.3. The van der Waals surface area contributed by atoms with Crippen molar-refractivity contribution in [1.82, 2.24) is 10.4 Å². The highest BCUT2D eigenvalue weighted by Gasteiger charge is 2.24. The van der Waals surface area contributed by atoms with Gasteiger partial charge in [0.15, 0.2) is 11.5 Å². The van der Waals surface area contributed by atoms with Crippen LogP contribution in [0.3, 0.4) is 0 Å². The Morgan fingerprint density at radius 1 is 1.10 bits per heavy atom. The van der Waals surface area contributed by atoms with Crippen LogP contribution in [0.4, 0.5) is 0 Å². The molecule has 4 aromatic rings. The maximum Gasteiger partial charge on any atom is 0.267 e. The second-order valence-corrected chi connectivity index (χ2v) is 6.69. The van der Waals surface area contributed by atoms with Crippen molar-refractivity contribution in [3.8, 4) is 22.6 Å². The molecule has 7 nitrogen and oxygen atoms in total. The fourth-order valence-corrected chi connectivity index (χ4v) is 3.86. The Hall–Kier alpha value is -3.68. The Kier molecular flexibility index (Phi) is 4.04. The topological polar surface area (TPSA) is 107 Å². The van der Waals surface area contributed by atoms with Gasteiger partial charge < -0.3 is 14.6 Å². The van der Waals surface area contributed by atoms with E-state index in [0.29, 0.717) is 22.6 Å². The maximum absolute atomic E-state index is 12.8. The van der Waals surface area contributed by atoms with Gasteiger partial charge in [-0.3, -0.25) is 10.2 Å². The number of nitrogens with two attached hydrogens (primary N) is 1. The van der Waals surface area contributed by atoms with Crippen LogP contribution >= 0.6 is 0 Å². The Bertz CT molecular complexity index is 1290. The smallest absolute Gasteiger partial charge is 0.267 e. The first-order valence-corrected chi connectivity index (χ1v) is 9.07. The minimum atomic E-state index is -0.524. The summed E-state index contributed by atoms with van der Waals surface area (Å²) in [6.07, 6.45) is 0. The molecule has 0 spiro atoms. The first-order chi connectivity index (χ1) is 14.2. The molecule has 3 aromatic carbocycles. The molecular formula is C22H17N3O4. The minimum Gasteiger partial charge on any atom is -0.454 e. The monoisotopic (exact) mass is 387 g/mol. The van der Waals surface area contributed by atoms with E-state index in [4.69, 9.17) is 15.3 Å². The number of hydrazine groups is 1. The molecule has 29 heavy (non-hydrogen) atoms. The minimum absolute atomic E-state index is 0.150. The van der Waals surface area contributed by atoms with Crippen molar-refractivity contribution in [2.24, 2.45) is 5.84 Å². The average Bonchev–Trinajstić information content (AvgIpc) is 3.24. The molecule has 5 rings (SSSR count). The molecular weight excluding hydrogens is 370 g/mol. The van der Waals surface area contributed by atoms with Gasteiger partial charge in [0.05, 0.1) is 23.4 Å². The van der Waals surface area contributed by atoms with Gasteiger partial charge >= 0.3 is 0 Å². The summed E-state index contributed by atoms with van der Waals surface area (Å²) in [5, 5.41) is 12.7. The molecule has 1 amide bonds. The van der Waals surface area contributed by atoms with Gasteiger partial charge in [-0.1, -0.05) is 36.4 Å². The quantitative estimate of drug-likeness (QED) is 0.216. The summed E-state index contributed by atoms with van der Waals surface area (Å²) in [7, 11) is 0. The van der Waals surface area contributed by atoms with Crippen molar-refractivity contribution in [3.05, 3.63) is 65.9 Å². The Morgan fingerprint density at radius 2 is 1.93 bits per heavy atom. The van der Waals surface area contributed by atoms with Gasteiger partial charge in [-0.05, 0) is 34.5 Å². The molecule has 0 atom stereocenters. The number of ether oxygens (including phenoxy) is 2. The van der Waals surface area contributed by atoms with E-state index >= 15 is 0 Å². The van der Waals surface area contributed by atoms with Crippen LogP contribution in [0.25, 0.3) is 32.8 Å². The van der Waals surface area contributed by atoms with Gasteiger partial charge in [-0.2, -0.15) is 0 Å². The number of carbonyl (C=O) groups excluding carboxylic acids is 1. The molecule has 0 aliphatic carbocycles. The molecule has 7 heteroatoms. The molecule has 0 fully saturated rings. The summed E-state index contributed by atoms with van der Waals surface area (Å²) in [5.41, 5.74) is 4.73. The Balaban J connectivity index is 1.97. The first kappa shape index (κ1) is 17.4. The van der Waals surface area contributed by atoms with Crippen LogP contribution in [0.15, 0.2) is 54.6 Å². The zero-order chi connectivity index (χ0) is 20.0. The first-order valence-electron chi connectivity index (χ1n) is 9.07. The van der Waals surface area contributed by atoms with Crippen LogP contribution in [-0.2, 0) is 6.61 Å². The lowest BCUT2D eigenvalue weighted by molar-refractivity contribution is 0.0950. The SMILES string of the molecule is NNC(=O)c1c(CO)nc2ccc3ccccc3c2c1-c1ccc2c(c1)OCO2. The number of aliphatic hydroxyl groups is 1. The number of hydrogen-bond acceptors (Lipinski definition) is 6. The number of fused-ring (bicyclic) bond motifs is 4. The number of aliphatic hydroxyl groups excluding tert-OH is 1. The van der Waals surface area contributed by atoms with Crippen LogP contribution in [0.5, 0.6) is 11.5 Å². The third kappa shape index (κ3) is 2.67. The van der Waals surface area contributed by atoms with Crippen LogP contribution in [0.2, 0.25) is 0 Å². The molecule has 1 aromatic heterocycles. The molecule has 0 saturated heterocycles. The number of benzene rings is 3. The summed E-state index contributed by atoms with van der Waals surface area (Å²) in [6, 6.07) is 17.2. The standard InChI is InChI=1S/C22H17N3O4/c23-25-22(27)21-16(10-26)24-15-7-5-12-3-1-2-4-14(12)20(15)19(21)13-6-8-17-18(9-13)29-11-28-17/h1-9,26H,10-11,23H2,(H,25,27). The number of nitrogen functional groups attached to an aromatic ring is 1. The number of pyridine rings is 1. The summed E-state index contributed by atoms with van der Waals surface area (Å²) in [4.78, 5) is 17.3. The molecule has 4 N–H and O–H groups in total. The molecule has 0 bridgehead atoms. The summed E-state index contributed by atoms with van der Waals surface area (Å²) in [5.74, 6) is 6.18. The Labute approximate surface area is 165 Å². The lowest BCUT2D eigenvalue weighted by Gasteiger charge is -2.17. The van der Waals surface area contributed by atoms with Gasteiger partial charge in [0, 0.05) is 10.9 Å². The third-order valence-electron chi connectivity index (χ3n) is 5.12. The van der Waals surface area contributed by atoms with Crippen LogP contribution in [0.1, 0.15) is 16.1 Å². The molecule has 0 saturated carbocycles. The lowest BCUT2D eigenvalue weighted by atomic mass is 9.90. The number of rotatable bonds is 3. The third-order valence-corrected chi connectivity index (χ3v) is 5.12. The molecule has 144 valence electrons. The lowest BCUT2D eigenvalue weighted by Crippen LogP contribution is -2.31. The molecule has 0 unspecified atom stereocenters. The van der Waals surface area contributed by atoms with Crippen molar-refractivity contribution >= 4 is 27.6 Å². The number of carbonyl (C=O) groups is 1. The van der Waals surface area contributed by atoms with E-state index in [0.717, 1.165) is 21.7 Å². The predicted octanol–water partition coefficient (Wildman–Crippen LogP) is 2.88. The highest BCUT2D eigenvalue weighted by Crippen LogP contribution is 2.41. The van der Waals surface area contributed by atoms with E-state index < -0.39 is 12.5 Å². The fraction of sp³-hybridized carbons (Fsp3) is 0.0909. The maximum atomic E-state index is 12.8. The fourth-order valence-electron chi connectivity index (χ4n) is 3.86. The van der Waals surface area contributed by atoms with E-state index in [2.05, 4.69) is 10.4 Å². The van der Waals surface area contributed by atoms with E-state index in [9.17, 15) is 9.90 Å². The number of amides is 1. The zero-order valence-corrected chi connectivity index (χ0v) is 15.3. The van der Waals surface area contributed by atoms with E-state index in [1.54, 1.807) is 6.07 Å². The highest BCUT2D eigenvalue weighted by atomic mass is 16.7. The van der Waals surface area contributed by atoms with E-state index in [1.165, 1.54) is 0 Å². The van der Waals surface area contributed by atoms with Gasteiger partial charge in [0.1, 0.15) is 0 Å². The molecule has 1 aliphatic heterocycles. The van der Waals surface area contributed by atoms with E-state index in [-0.39, 0.29) is 18.1 Å². The number of nitrogens with one attached hydrogen (secondary N) is 1. The van der Waals surface area contributed by atoms with Crippen molar-refractivity contribution in [1.29, 1.82) is 0 Å². The Morgan fingerprint density at radius 3 is 2.76 bits per heavy atom. The van der Waals surface area contributed by atoms with Crippen molar-refractivity contribution in [2.45, 2.75) is 6.61 Å². The molecule has 2 heterocycles. The normalized spacial score (nSPS) is 12.5. The van der Waals surface area contributed by atoms with Gasteiger partial charge in [-0.15, -0.1) is 0 Å². The second kappa shape index (κ2) is 6.73. The summed E-state index contributed by atoms with van der Waals surface area (Å²) in [6.45, 7) is -0.250. The summed E-state index contributed by atoms with van der Waals surface area (Å²) >= 11 is 0. The summed E-state index contributed by atoms with van der Waals surface area (Å²) < 4.78 is 10.9. The van der Waals surface area contributed by atoms with Crippen LogP contribution < -0.4 is 20.7 Å². The highest BCUT2D eigenvalue weighted by molar-refractivity contribution is 6.18. The van der Waals surface area contributed by atoms with Crippen LogP contribution in [0, 0.1) is 0 Å². The number of aromatic nitrogens is 1. The van der Waals surface area contributed by atoms with Crippen LogP contribution in [-0.4, -0.2) is 22.8 Å². The molecule has 0 radical (unpaired) electrons. The van der Waals surface area contributed by atoms with Gasteiger partial charge in [-0.25, -0.2) is 10.8 Å². The number of nitrogens with zero attached hydrogens (tertiary/aromatic N) is 1. The number of hydrogen-bond donors (Lipinski definition) is 3. The largest absolute Gasteiger partial charge is 0.454 e. The van der Waals surface area contributed by atoms with Gasteiger partial charge in [0.2, 0.25) is 6.79 Å². The van der Waals surface area contributed by atoms with Crippen molar-refractivity contribution in [3.63, 3.8) is 0 Å². The van der Waals surface area contributed by atoms with Crippen molar-refractivity contribution < 1.29 is 19.4 Å². The van der Waals surface area contributed by atoms with E-state index in [1.807, 2.05) is 48.5 Å².